The summed E-state index contributed by atoms with van der Waals surface area (Å²) in [7, 11) is 0. The van der Waals surface area contributed by atoms with Gasteiger partial charge in [0, 0.05) is 44.2 Å². The average Bonchev–Trinajstić information content (AvgIpc) is 2.38. The highest BCUT2D eigenvalue weighted by atomic mass is 32.2. The summed E-state index contributed by atoms with van der Waals surface area (Å²) in [6.07, 6.45) is 0. The van der Waals surface area contributed by atoms with Gasteiger partial charge in [-0.1, -0.05) is 0 Å². The molecule has 0 aromatic heterocycles. The molecule has 2 heterocycles. The predicted molar refractivity (Wildman–Crippen MR) is 67.6 cm³/mol. The summed E-state index contributed by atoms with van der Waals surface area (Å²) in [4.78, 5) is 15.7. The SMILES string of the molecule is O=C(O)C(CN1CCSCC1)N1CCOCC1. The summed E-state index contributed by atoms with van der Waals surface area (Å²) in [5.41, 5.74) is 0. The van der Waals surface area contributed by atoms with Crippen molar-refractivity contribution in [1.29, 1.82) is 0 Å². The number of nitrogens with zero attached hydrogens (tertiary/aromatic N) is 2. The van der Waals surface area contributed by atoms with Crippen LogP contribution < -0.4 is 0 Å². The third-order valence-electron chi connectivity index (χ3n) is 3.31. The van der Waals surface area contributed by atoms with E-state index in [1.165, 1.54) is 0 Å². The van der Waals surface area contributed by atoms with Gasteiger partial charge in [-0.15, -0.1) is 0 Å². The van der Waals surface area contributed by atoms with Crippen LogP contribution in [0, 0.1) is 0 Å². The Morgan fingerprint density at radius 2 is 1.88 bits per heavy atom. The van der Waals surface area contributed by atoms with E-state index in [-0.39, 0.29) is 6.04 Å². The van der Waals surface area contributed by atoms with Crippen LogP contribution in [0.3, 0.4) is 0 Å². The van der Waals surface area contributed by atoms with Gasteiger partial charge in [-0.3, -0.25) is 14.6 Å². The molecular weight excluding hydrogens is 240 g/mol. The fourth-order valence-corrected chi connectivity index (χ4v) is 3.25. The van der Waals surface area contributed by atoms with Gasteiger partial charge < -0.3 is 9.84 Å². The van der Waals surface area contributed by atoms with E-state index >= 15 is 0 Å². The maximum Gasteiger partial charge on any atom is 0.322 e. The van der Waals surface area contributed by atoms with Crippen LogP contribution in [-0.4, -0.2) is 84.4 Å². The lowest BCUT2D eigenvalue weighted by atomic mass is 10.2. The number of hydrogen-bond acceptors (Lipinski definition) is 5. The topological polar surface area (TPSA) is 53.0 Å². The summed E-state index contributed by atoms with van der Waals surface area (Å²) in [6, 6.07) is -0.373. The van der Waals surface area contributed by atoms with Crippen LogP contribution in [0.15, 0.2) is 0 Å². The number of carboxylic acid groups (broad SMARTS) is 1. The quantitative estimate of drug-likeness (QED) is 0.757. The summed E-state index contributed by atoms with van der Waals surface area (Å²) >= 11 is 1.95. The third kappa shape index (κ3) is 3.84. The van der Waals surface area contributed by atoms with Crippen molar-refractivity contribution in [2.24, 2.45) is 0 Å². The molecule has 2 rings (SSSR count). The molecule has 2 aliphatic rings. The highest BCUT2D eigenvalue weighted by Gasteiger charge is 2.29. The molecule has 17 heavy (non-hydrogen) atoms. The smallest absolute Gasteiger partial charge is 0.322 e. The molecule has 5 nitrogen and oxygen atoms in total. The molecule has 1 unspecified atom stereocenters. The van der Waals surface area contributed by atoms with Gasteiger partial charge in [-0.25, -0.2) is 0 Å². The highest BCUT2D eigenvalue weighted by Crippen LogP contribution is 2.12. The second kappa shape index (κ2) is 6.58. The molecule has 0 radical (unpaired) electrons. The van der Waals surface area contributed by atoms with E-state index in [4.69, 9.17) is 4.74 Å². The van der Waals surface area contributed by atoms with Crippen LogP contribution in [0.25, 0.3) is 0 Å². The molecule has 6 heteroatoms. The normalized spacial score (nSPS) is 25.6. The van der Waals surface area contributed by atoms with Crippen LogP contribution in [0.1, 0.15) is 0 Å². The molecule has 0 aromatic carbocycles. The maximum absolute atomic E-state index is 11.4. The van der Waals surface area contributed by atoms with Crippen LogP contribution in [0.2, 0.25) is 0 Å². The van der Waals surface area contributed by atoms with Gasteiger partial charge in [0.25, 0.3) is 0 Å². The minimum atomic E-state index is -0.704. The minimum Gasteiger partial charge on any atom is -0.480 e. The van der Waals surface area contributed by atoms with E-state index in [9.17, 15) is 9.90 Å². The lowest BCUT2D eigenvalue weighted by Crippen LogP contribution is -2.53. The van der Waals surface area contributed by atoms with Crippen molar-refractivity contribution in [3.8, 4) is 0 Å². The first-order chi connectivity index (χ1) is 8.27. The molecule has 1 atom stereocenters. The lowest BCUT2D eigenvalue weighted by molar-refractivity contribution is -0.145. The van der Waals surface area contributed by atoms with E-state index in [2.05, 4.69) is 4.90 Å². The number of carboxylic acids is 1. The van der Waals surface area contributed by atoms with Crippen molar-refractivity contribution in [3.05, 3.63) is 0 Å². The van der Waals surface area contributed by atoms with Crippen molar-refractivity contribution < 1.29 is 14.6 Å². The minimum absolute atomic E-state index is 0.373. The Morgan fingerprint density at radius 3 is 2.47 bits per heavy atom. The van der Waals surface area contributed by atoms with Gasteiger partial charge in [0.2, 0.25) is 0 Å². The molecule has 0 spiro atoms. The Bertz CT molecular complexity index is 253. The van der Waals surface area contributed by atoms with Gasteiger partial charge in [-0.2, -0.15) is 11.8 Å². The zero-order valence-electron chi connectivity index (χ0n) is 10.0. The molecule has 2 fully saturated rings. The summed E-state index contributed by atoms with van der Waals surface area (Å²) in [6.45, 7) is 5.45. The van der Waals surface area contributed by atoms with Crippen LogP contribution in [0.5, 0.6) is 0 Å². The zero-order valence-corrected chi connectivity index (χ0v) is 10.8. The number of thioether (sulfide) groups is 1. The van der Waals surface area contributed by atoms with Crippen molar-refractivity contribution in [2.45, 2.75) is 6.04 Å². The van der Waals surface area contributed by atoms with E-state index in [1.807, 2.05) is 16.7 Å². The molecule has 0 aliphatic carbocycles. The number of hydrogen-bond donors (Lipinski definition) is 1. The monoisotopic (exact) mass is 260 g/mol. The fraction of sp³-hybridized carbons (Fsp3) is 0.909. The number of ether oxygens (including phenoxy) is 1. The standard InChI is InChI=1S/C11H20N2O3S/c14-11(15)10(13-1-5-16-6-2-13)9-12-3-7-17-8-4-12/h10H,1-9H2,(H,14,15). The average molecular weight is 260 g/mol. The summed E-state index contributed by atoms with van der Waals surface area (Å²) < 4.78 is 5.27. The molecule has 2 saturated heterocycles. The summed E-state index contributed by atoms with van der Waals surface area (Å²) in [5, 5.41) is 9.34. The maximum atomic E-state index is 11.4. The second-order valence-electron chi connectivity index (χ2n) is 4.42. The first kappa shape index (κ1) is 13.1. The van der Waals surface area contributed by atoms with E-state index < -0.39 is 5.97 Å². The van der Waals surface area contributed by atoms with Crippen LogP contribution in [0.4, 0.5) is 0 Å². The third-order valence-corrected chi connectivity index (χ3v) is 4.25. The molecule has 2 aliphatic heterocycles. The van der Waals surface area contributed by atoms with Gasteiger partial charge in [0.1, 0.15) is 6.04 Å². The highest BCUT2D eigenvalue weighted by molar-refractivity contribution is 7.99. The Morgan fingerprint density at radius 1 is 1.24 bits per heavy atom. The number of carbonyl (C=O) groups is 1. The molecule has 0 amide bonds. The molecular formula is C11H20N2O3S. The zero-order chi connectivity index (χ0) is 12.1. The molecule has 0 aromatic rings. The molecule has 98 valence electrons. The second-order valence-corrected chi connectivity index (χ2v) is 5.64. The Kier molecular flexibility index (Phi) is 5.09. The molecule has 1 N–H and O–H groups in total. The Labute approximate surface area is 106 Å². The van der Waals surface area contributed by atoms with Crippen molar-refractivity contribution in [2.75, 3.05) is 57.4 Å². The van der Waals surface area contributed by atoms with E-state index in [1.54, 1.807) is 0 Å². The molecule has 0 bridgehead atoms. The van der Waals surface area contributed by atoms with Crippen LogP contribution >= 0.6 is 11.8 Å². The first-order valence-corrected chi connectivity index (χ1v) is 7.27. The first-order valence-electron chi connectivity index (χ1n) is 6.12. The van der Waals surface area contributed by atoms with E-state index in [0.717, 1.165) is 37.7 Å². The van der Waals surface area contributed by atoms with Gasteiger partial charge in [0.05, 0.1) is 13.2 Å². The van der Waals surface area contributed by atoms with Crippen molar-refractivity contribution in [3.63, 3.8) is 0 Å². The van der Waals surface area contributed by atoms with Gasteiger partial charge in [-0.05, 0) is 0 Å². The lowest BCUT2D eigenvalue weighted by Gasteiger charge is -2.36. The summed E-state index contributed by atoms with van der Waals surface area (Å²) in [5.74, 6) is 1.54. The van der Waals surface area contributed by atoms with Gasteiger partial charge >= 0.3 is 5.97 Å². The number of morpholine rings is 1. The predicted octanol–water partition coefficient (Wildman–Crippen LogP) is -0.179. The van der Waals surface area contributed by atoms with Gasteiger partial charge in [0.15, 0.2) is 0 Å². The fourth-order valence-electron chi connectivity index (χ4n) is 2.27. The number of rotatable bonds is 4. The largest absolute Gasteiger partial charge is 0.480 e. The number of aliphatic carboxylic acids is 1. The van der Waals surface area contributed by atoms with E-state index in [0.29, 0.717) is 19.8 Å². The Balaban J connectivity index is 1.88. The van der Waals surface area contributed by atoms with Crippen molar-refractivity contribution >= 4 is 17.7 Å². The van der Waals surface area contributed by atoms with Crippen LogP contribution in [-0.2, 0) is 9.53 Å². The van der Waals surface area contributed by atoms with Crippen molar-refractivity contribution in [1.82, 2.24) is 9.80 Å². The molecule has 0 saturated carbocycles. The Hall–Kier alpha value is -0.300.